The number of nitrogens with zero attached hydrogens (tertiary/aromatic N) is 3. The number of hydrazine groups is 1. The highest BCUT2D eigenvalue weighted by atomic mass is 35.5. The summed E-state index contributed by atoms with van der Waals surface area (Å²) in [5.41, 5.74) is 7.54. The van der Waals surface area contributed by atoms with Crippen molar-refractivity contribution in [3.8, 4) is 5.69 Å². The second kappa shape index (κ2) is 9.22. The normalized spacial score (nSPS) is 22.9. The highest BCUT2D eigenvalue weighted by Crippen LogP contribution is 2.37. The minimum absolute atomic E-state index is 0.222. The molecule has 1 saturated carbocycles. The number of carbonyl (C=O) groups excluding carboxylic acids is 1. The second-order valence-corrected chi connectivity index (χ2v) is 10.0. The van der Waals surface area contributed by atoms with Crippen molar-refractivity contribution in [3.05, 3.63) is 81.9 Å². The van der Waals surface area contributed by atoms with E-state index >= 15 is 0 Å². The fourth-order valence-electron chi connectivity index (χ4n) is 5.59. The first kappa shape index (κ1) is 22.5. The third kappa shape index (κ3) is 4.40. The molecule has 0 radical (unpaired) electrons. The molecule has 0 spiro atoms. The van der Waals surface area contributed by atoms with Gasteiger partial charge >= 0.3 is 0 Å². The molecule has 6 rings (SSSR count). The number of nitrogens with one attached hydrogen (secondary N) is 1. The fraction of sp³-hybridized carbons (Fsp3) is 0.333. The van der Waals surface area contributed by atoms with Crippen molar-refractivity contribution in [2.24, 2.45) is 11.8 Å². The van der Waals surface area contributed by atoms with Crippen molar-refractivity contribution in [1.29, 1.82) is 0 Å². The maximum atomic E-state index is 13.4. The molecule has 1 amide bonds. The van der Waals surface area contributed by atoms with Gasteiger partial charge in [0.15, 0.2) is 5.69 Å². The molecule has 180 valence electrons. The van der Waals surface area contributed by atoms with E-state index in [0.717, 1.165) is 41.2 Å². The number of carbonyl (C=O) groups is 1. The Morgan fingerprint density at radius 3 is 2.49 bits per heavy atom. The van der Waals surface area contributed by atoms with Gasteiger partial charge in [0.05, 0.1) is 24.6 Å². The molecule has 2 aromatic carbocycles. The van der Waals surface area contributed by atoms with Gasteiger partial charge in [-0.15, -0.1) is 0 Å². The van der Waals surface area contributed by atoms with Crippen LogP contribution in [0.15, 0.2) is 48.5 Å². The Balaban J connectivity index is 1.38. The summed E-state index contributed by atoms with van der Waals surface area (Å²) in [6.07, 6.45) is 5.72. The van der Waals surface area contributed by atoms with Gasteiger partial charge in [-0.05, 0) is 72.7 Å². The zero-order valence-corrected chi connectivity index (χ0v) is 20.0. The van der Waals surface area contributed by atoms with Crippen molar-refractivity contribution in [2.75, 3.05) is 19.7 Å². The summed E-state index contributed by atoms with van der Waals surface area (Å²) in [6, 6.07) is 13.7. The standard InChI is InChI=1S/C27H26ClFN4O2/c28-21-6-10-23(11-7-21)33-26-20(12-17-4-8-22(29)9-5-17)15-35-16-24(26)25(30-33)27(34)31-32-13-18-2-1-3-19(18)14-32/h4-12,18-19H,1-3,13-16H2,(H,31,34)/b20-12+. The molecule has 2 atom stereocenters. The van der Waals surface area contributed by atoms with E-state index in [2.05, 4.69) is 5.43 Å². The van der Waals surface area contributed by atoms with Crippen LogP contribution in [0.4, 0.5) is 4.39 Å². The number of rotatable bonds is 4. The fourth-order valence-corrected chi connectivity index (χ4v) is 5.72. The van der Waals surface area contributed by atoms with Crippen LogP contribution in [0, 0.1) is 17.7 Å². The second-order valence-electron chi connectivity index (χ2n) is 9.57. The van der Waals surface area contributed by atoms with Crippen LogP contribution >= 0.6 is 11.6 Å². The Morgan fingerprint density at radius 1 is 1.06 bits per heavy atom. The van der Waals surface area contributed by atoms with Gasteiger partial charge in [-0.25, -0.2) is 14.1 Å². The van der Waals surface area contributed by atoms with E-state index in [0.29, 0.717) is 29.2 Å². The third-order valence-electron chi connectivity index (χ3n) is 7.27. The molecule has 1 saturated heterocycles. The highest BCUT2D eigenvalue weighted by molar-refractivity contribution is 6.30. The Morgan fingerprint density at radius 2 is 1.77 bits per heavy atom. The van der Waals surface area contributed by atoms with E-state index in [1.807, 2.05) is 23.2 Å². The predicted molar refractivity (Wildman–Crippen MR) is 132 cm³/mol. The molecule has 3 aromatic rings. The molecule has 2 fully saturated rings. The molecule has 3 heterocycles. The minimum atomic E-state index is -0.288. The summed E-state index contributed by atoms with van der Waals surface area (Å²) in [5.74, 6) is 0.832. The van der Waals surface area contributed by atoms with Crippen LogP contribution in [0.25, 0.3) is 17.3 Å². The third-order valence-corrected chi connectivity index (χ3v) is 7.53. The molecule has 35 heavy (non-hydrogen) atoms. The lowest BCUT2D eigenvalue weighted by molar-refractivity contribution is 0.0801. The van der Waals surface area contributed by atoms with E-state index in [9.17, 15) is 9.18 Å². The van der Waals surface area contributed by atoms with Gasteiger partial charge in [0, 0.05) is 29.2 Å². The van der Waals surface area contributed by atoms with Gasteiger partial charge in [0.1, 0.15) is 5.82 Å². The van der Waals surface area contributed by atoms with Crippen molar-refractivity contribution in [2.45, 2.75) is 25.9 Å². The molecule has 2 aliphatic heterocycles. The summed E-state index contributed by atoms with van der Waals surface area (Å²) in [5, 5.41) is 7.43. The SMILES string of the molecule is O=C(NN1CC2CCCC2C1)c1nn(-c2ccc(Cl)cc2)c2c1COC/C2=C\c1ccc(F)cc1. The van der Waals surface area contributed by atoms with Crippen LogP contribution in [0.2, 0.25) is 5.02 Å². The van der Waals surface area contributed by atoms with Gasteiger partial charge in [0.25, 0.3) is 5.91 Å². The van der Waals surface area contributed by atoms with Crippen LogP contribution in [0.5, 0.6) is 0 Å². The first-order chi connectivity index (χ1) is 17.0. The van der Waals surface area contributed by atoms with Crippen molar-refractivity contribution >= 4 is 29.2 Å². The lowest BCUT2D eigenvalue weighted by Gasteiger charge is -2.20. The molecule has 2 unspecified atom stereocenters. The molecule has 0 bridgehead atoms. The van der Waals surface area contributed by atoms with E-state index in [1.54, 1.807) is 28.9 Å². The van der Waals surface area contributed by atoms with E-state index in [4.69, 9.17) is 21.4 Å². The molecule has 1 N–H and O–H groups in total. The van der Waals surface area contributed by atoms with Gasteiger partial charge < -0.3 is 4.74 Å². The van der Waals surface area contributed by atoms with Crippen molar-refractivity contribution in [3.63, 3.8) is 0 Å². The number of fused-ring (bicyclic) bond motifs is 2. The molecule has 1 aliphatic carbocycles. The summed E-state index contributed by atoms with van der Waals surface area (Å²) in [7, 11) is 0. The highest BCUT2D eigenvalue weighted by Gasteiger charge is 2.37. The number of ether oxygens (including phenoxy) is 1. The van der Waals surface area contributed by atoms with E-state index in [1.165, 1.54) is 31.4 Å². The van der Waals surface area contributed by atoms with Gasteiger partial charge in [-0.2, -0.15) is 5.10 Å². The smallest absolute Gasteiger partial charge is 0.286 e. The largest absolute Gasteiger partial charge is 0.372 e. The zero-order valence-electron chi connectivity index (χ0n) is 19.2. The molecule has 1 aromatic heterocycles. The number of halogens is 2. The molecular weight excluding hydrogens is 467 g/mol. The summed E-state index contributed by atoms with van der Waals surface area (Å²) in [6.45, 7) is 2.43. The summed E-state index contributed by atoms with van der Waals surface area (Å²) >= 11 is 6.12. The predicted octanol–water partition coefficient (Wildman–Crippen LogP) is 5.11. The minimum Gasteiger partial charge on any atom is -0.372 e. The van der Waals surface area contributed by atoms with Crippen molar-refractivity contribution < 1.29 is 13.9 Å². The quantitative estimate of drug-likeness (QED) is 0.549. The average molecular weight is 493 g/mol. The Bertz CT molecular complexity index is 1270. The Hall–Kier alpha value is -3.00. The van der Waals surface area contributed by atoms with Crippen molar-refractivity contribution in [1.82, 2.24) is 20.2 Å². The number of amides is 1. The molecular formula is C27H26ClFN4O2. The monoisotopic (exact) mass is 492 g/mol. The van der Waals surface area contributed by atoms with Crippen LogP contribution in [0.3, 0.4) is 0 Å². The van der Waals surface area contributed by atoms with Crippen LogP contribution in [-0.2, 0) is 11.3 Å². The van der Waals surface area contributed by atoms with Gasteiger partial charge in [0.2, 0.25) is 0 Å². The van der Waals surface area contributed by atoms with Crippen LogP contribution in [-0.4, -0.2) is 40.4 Å². The lowest BCUT2D eigenvalue weighted by atomic mass is 10.0. The van der Waals surface area contributed by atoms with E-state index in [-0.39, 0.29) is 18.3 Å². The first-order valence-electron chi connectivity index (χ1n) is 12.0. The molecule has 6 nitrogen and oxygen atoms in total. The van der Waals surface area contributed by atoms with E-state index < -0.39 is 0 Å². The van der Waals surface area contributed by atoms with Crippen LogP contribution in [0.1, 0.15) is 46.6 Å². The Kier molecular flexibility index (Phi) is 5.92. The maximum Gasteiger partial charge on any atom is 0.286 e. The van der Waals surface area contributed by atoms with Gasteiger partial charge in [-0.3, -0.25) is 10.2 Å². The topological polar surface area (TPSA) is 59.4 Å². The average Bonchev–Trinajstić information content (AvgIpc) is 3.55. The number of aromatic nitrogens is 2. The number of benzene rings is 2. The maximum absolute atomic E-state index is 13.4. The summed E-state index contributed by atoms with van der Waals surface area (Å²) < 4.78 is 21.1. The Labute approximate surface area is 208 Å². The summed E-state index contributed by atoms with van der Waals surface area (Å²) in [4.78, 5) is 13.4. The number of hydrogen-bond acceptors (Lipinski definition) is 4. The zero-order chi connectivity index (χ0) is 23.9. The van der Waals surface area contributed by atoms with Crippen LogP contribution < -0.4 is 5.43 Å². The molecule has 8 heteroatoms. The number of hydrogen-bond donors (Lipinski definition) is 1. The first-order valence-corrected chi connectivity index (χ1v) is 12.4. The van der Waals surface area contributed by atoms with Gasteiger partial charge in [-0.1, -0.05) is 30.2 Å². The lowest BCUT2D eigenvalue weighted by Crippen LogP contribution is -2.41. The molecule has 3 aliphatic rings.